The fourth-order valence-corrected chi connectivity index (χ4v) is 2.56. The van der Waals surface area contributed by atoms with E-state index in [-0.39, 0.29) is 30.6 Å². The molecule has 1 saturated heterocycles. The predicted octanol–water partition coefficient (Wildman–Crippen LogP) is 0.489. The van der Waals surface area contributed by atoms with Crippen molar-refractivity contribution in [3.05, 3.63) is 29.8 Å². The van der Waals surface area contributed by atoms with Gasteiger partial charge in [0, 0.05) is 32.2 Å². The molecule has 0 saturated carbocycles. The molecule has 0 bridgehead atoms. The molecular weight excluding hydrogens is 312 g/mol. The van der Waals surface area contributed by atoms with Crippen LogP contribution in [0.3, 0.4) is 0 Å². The quantitative estimate of drug-likeness (QED) is 0.700. The zero-order valence-electron chi connectivity index (χ0n) is 13.9. The van der Waals surface area contributed by atoms with E-state index >= 15 is 0 Å². The van der Waals surface area contributed by atoms with Gasteiger partial charge < -0.3 is 19.7 Å². The third-order valence-corrected chi connectivity index (χ3v) is 3.99. The predicted molar refractivity (Wildman–Crippen MR) is 86.9 cm³/mol. The van der Waals surface area contributed by atoms with E-state index in [0.29, 0.717) is 31.0 Å². The highest BCUT2D eigenvalue weighted by Crippen LogP contribution is 2.17. The van der Waals surface area contributed by atoms with Crippen LogP contribution in [0.1, 0.15) is 16.8 Å². The maximum atomic E-state index is 12.2. The number of ketones is 1. The van der Waals surface area contributed by atoms with Crippen LogP contribution in [0.4, 0.5) is 0 Å². The number of rotatable bonds is 8. The smallest absolute Gasteiger partial charge is 0.225 e. The Hall–Kier alpha value is -2.41. The Morgan fingerprint density at radius 2 is 1.96 bits per heavy atom. The fourth-order valence-electron chi connectivity index (χ4n) is 2.56. The van der Waals surface area contributed by atoms with E-state index in [1.807, 2.05) is 0 Å². The minimum atomic E-state index is -0.418. The van der Waals surface area contributed by atoms with E-state index < -0.39 is 5.92 Å². The van der Waals surface area contributed by atoms with Gasteiger partial charge in [0.1, 0.15) is 5.75 Å². The Labute approximate surface area is 140 Å². The Bertz CT molecular complexity index is 600. The van der Waals surface area contributed by atoms with Crippen molar-refractivity contribution < 1.29 is 23.9 Å². The minimum absolute atomic E-state index is 0.0614. The second kappa shape index (κ2) is 8.44. The van der Waals surface area contributed by atoms with Crippen LogP contribution >= 0.6 is 0 Å². The topological polar surface area (TPSA) is 84.9 Å². The number of Topliss-reactive ketones (excluding diaryl/α,β-unsaturated/α-hetero) is 1. The van der Waals surface area contributed by atoms with E-state index in [1.54, 1.807) is 43.4 Å². The number of ether oxygens (including phenoxy) is 2. The normalized spacial score (nSPS) is 17.0. The van der Waals surface area contributed by atoms with Gasteiger partial charge >= 0.3 is 0 Å². The molecule has 0 spiro atoms. The summed E-state index contributed by atoms with van der Waals surface area (Å²) in [5.74, 6) is -0.278. The second-order valence-corrected chi connectivity index (χ2v) is 5.60. The van der Waals surface area contributed by atoms with Gasteiger partial charge in [0.05, 0.1) is 26.2 Å². The van der Waals surface area contributed by atoms with E-state index in [0.717, 1.165) is 0 Å². The van der Waals surface area contributed by atoms with Gasteiger partial charge in [-0.05, 0) is 24.3 Å². The van der Waals surface area contributed by atoms with Gasteiger partial charge in [0.25, 0.3) is 0 Å². The molecule has 7 heteroatoms. The summed E-state index contributed by atoms with van der Waals surface area (Å²) in [6.45, 7) is 1.19. The lowest BCUT2D eigenvalue weighted by atomic mass is 10.1. The number of amides is 2. The first kappa shape index (κ1) is 17.9. The SMILES string of the molecule is COCCN1CC(C(=O)NCC(=O)c2ccc(OC)cc2)CC1=O. The molecule has 2 amide bonds. The lowest BCUT2D eigenvalue weighted by molar-refractivity contribution is -0.129. The van der Waals surface area contributed by atoms with Crippen LogP contribution < -0.4 is 10.1 Å². The van der Waals surface area contributed by atoms with Crippen molar-refractivity contribution in [2.24, 2.45) is 5.92 Å². The number of hydrogen-bond acceptors (Lipinski definition) is 5. The number of nitrogens with zero attached hydrogens (tertiary/aromatic N) is 1. The summed E-state index contributed by atoms with van der Waals surface area (Å²) >= 11 is 0. The van der Waals surface area contributed by atoms with Gasteiger partial charge in [0.2, 0.25) is 11.8 Å². The number of hydrogen-bond donors (Lipinski definition) is 1. The highest BCUT2D eigenvalue weighted by molar-refractivity contribution is 6.00. The first-order valence-electron chi connectivity index (χ1n) is 7.76. The Balaban J connectivity index is 1.82. The van der Waals surface area contributed by atoms with Crippen molar-refractivity contribution in [2.45, 2.75) is 6.42 Å². The summed E-state index contributed by atoms with van der Waals surface area (Å²) in [5, 5.41) is 2.62. The molecular formula is C17H22N2O5. The van der Waals surface area contributed by atoms with Crippen LogP contribution in [0.15, 0.2) is 24.3 Å². The molecule has 24 heavy (non-hydrogen) atoms. The molecule has 1 aromatic carbocycles. The zero-order valence-corrected chi connectivity index (χ0v) is 13.9. The molecule has 0 aliphatic carbocycles. The highest BCUT2D eigenvalue weighted by Gasteiger charge is 2.33. The van der Waals surface area contributed by atoms with Gasteiger partial charge in [0.15, 0.2) is 5.78 Å². The van der Waals surface area contributed by atoms with Gasteiger partial charge in [-0.3, -0.25) is 14.4 Å². The maximum absolute atomic E-state index is 12.2. The molecule has 1 heterocycles. The molecule has 1 aromatic rings. The Morgan fingerprint density at radius 1 is 1.25 bits per heavy atom. The fraction of sp³-hybridized carbons (Fsp3) is 0.471. The third kappa shape index (κ3) is 4.55. The molecule has 0 aromatic heterocycles. The van der Waals surface area contributed by atoms with Crippen LogP contribution in [-0.4, -0.2) is 63.0 Å². The first-order valence-corrected chi connectivity index (χ1v) is 7.76. The van der Waals surface area contributed by atoms with Crippen molar-refractivity contribution in [1.29, 1.82) is 0 Å². The van der Waals surface area contributed by atoms with Crippen LogP contribution in [0.2, 0.25) is 0 Å². The van der Waals surface area contributed by atoms with E-state index in [4.69, 9.17) is 9.47 Å². The number of methoxy groups -OCH3 is 2. The third-order valence-electron chi connectivity index (χ3n) is 3.99. The van der Waals surface area contributed by atoms with Crippen LogP contribution in [-0.2, 0) is 14.3 Å². The molecule has 1 fully saturated rings. The number of carbonyl (C=O) groups excluding carboxylic acids is 3. The van der Waals surface area contributed by atoms with Gasteiger partial charge in [-0.2, -0.15) is 0 Å². The number of likely N-dealkylation sites (tertiary alicyclic amines) is 1. The summed E-state index contributed by atoms with van der Waals surface area (Å²) in [5.41, 5.74) is 0.500. The second-order valence-electron chi connectivity index (χ2n) is 5.60. The monoisotopic (exact) mass is 334 g/mol. The minimum Gasteiger partial charge on any atom is -0.497 e. The Kier molecular flexibility index (Phi) is 6.31. The van der Waals surface area contributed by atoms with Gasteiger partial charge in [-0.25, -0.2) is 0 Å². The molecule has 1 unspecified atom stereocenters. The van der Waals surface area contributed by atoms with Crippen LogP contribution in [0.5, 0.6) is 5.75 Å². The zero-order chi connectivity index (χ0) is 17.5. The maximum Gasteiger partial charge on any atom is 0.225 e. The lowest BCUT2D eigenvalue weighted by Crippen LogP contribution is -2.36. The van der Waals surface area contributed by atoms with Crippen molar-refractivity contribution in [3.8, 4) is 5.75 Å². The average molecular weight is 334 g/mol. The lowest BCUT2D eigenvalue weighted by Gasteiger charge is -2.15. The summed E-state index contributed by atoms with van der Waals surface area (Å²) in [6.07, 6.45) is 0.173. The molecule has 7 nitrogen and oxygen atoms in total. The van der Waals surface area contributed by atoms with Crippen molar-refractivity contribution in [1.82, 2.24) is 10.2 Å². The molecule has 1 N–H and O–H groups in total. The summed E-state index contributed by atoms with van der Waals surface area (Å²) in [4.78, 5) is 37.7. The van der Waals surface area contributed by atoms with Crippen LogP contribution in [0, 0.1) is 5.92 Å². The van der Waals surface area contributed by atoms with Crippen molar-refractivity contribution in [2.75, 3.05) is 40.5 Å². The molecule has 1 atom stereocenters. The van der Waals surface area contributed by atoms with Crippen molar-refractivity contribution in [3.63, 3.8) is 0 Å². The largest absolute Gasteiger partial charge is 0.497 e. The summed E-state index contributed by atoms with van der Waals surface area (Å²) in [7, 11) is 3.12. The standard InChI is InChI=1S/C17H22N2O5/c1-23-8-7-19-11-13(9-16(19)21)17(22)18-10-15(20)12-3-5-14(24-2)6-4-12/h3-6,13H,7-11H2,1-2H3,(H,18,22). The average Bonchev–Trinajstić information content (AvgIpc) is 2.98. The molecule has 0 radical (unpaired) electrons. The number of nitrogens with one attached hydrogen (secondary N) is 1. The van der Waals surface area contributed by atoms with Gasteiger partial charge in [-0.1, -0.05) is 0 Å². The Morgan fingerprint density at radius 3 is 2.58 bits per heavy atom. The van der Waals surface area contributed by atoms with Crippen molar-refractivity contribution >= 4 is 17.6 Å². The van der Waals surface area contributed by atoms with Crippen LogP contribution in [0.25, 0.3) is 0 Å². The van der Waals surface area contributed by atoms with E-state index in [1.165, 1.54) is 0 Å². The molecule has 1 aliphatic rings. The van der Waals surface area contributed by atoms with Gasteiger partial charge in [-0.15, -0.1) is 0 Å². The van der Waals surface area contributed by atoms with E-state index in [2.05, 4.69) is 5.32 Å². The highest BCUT2D eigenvalue weighted by atomic mass is 16.5. The molecule has 1 aliphatic heterocycles. The summed E-state index contributed by atoms with van der Waals surface area (Å²) in [6, 6.07) is 6.69. The first-order chi connectivity index (χ1) is 11.5. The molecule has 130 valence electrons. The summed E-state index contributed by atoms with van der Waals surface area (Å²) < 4.78 is 9.98. The number of benzene rings is 1. The molecule has 2 rings (SSSR count). The number of carbonyl (C=O) groups is 3. The van der Waals surface area contributed by atoms with E-state index in [9.17, 15) is 14.4 Å².